The van der Waals surface area contributed by atoms with E-state index in [4.69, 9.17) is 14.2 Å². The maximum Gasteiger partial charge on any atom is 0.310 e. The van der Waals surface area contributed by atoms with Crippen LogP contribution >= 0.6 is 0 Å². The van der Waals surface area contributed by atoms with E-state index in [0.717, 1.165) is 18.4 Å². The van der Waals surface area contributed by atoms with Gasteiger partial charge in [-0.25, -0.2) is 0 Å². The smallest absolute Gasteiger partial charge is 0.310 e. The Kier molecular flexibility index (Phi) is 5.56. The Morgan fingerprint density at radius 2 is 1.77 bits per heavy atom. The van der Waals surface area contributed by atoms with Gasteiger partial charge in [0.2, 0.25) is 5.78 Å². The highest BCUT2D eigenvalue weighted by atomic mass is 16.5. The first-order chi connectivity index (χ1) is 12.6. The van der Waals surface area contributed by atoms with Gasteiger partial charge in [0, 0.05) is 6.07 Å². The molecule has 0 amide bonds. The first-order valence-electron chi connectivity index (χ1n) is 8.62. The lowest BCUT2D eigenvalue weighted by Crippen LogP contribution is -2.16. The molecule has 1 aliphatic carbocycles. The third kappa shape index (κ3) is 4.04. The van der Waals surface area contributed by atoms with Gasteiger partial charge in [0.05, 0.1) is 26.2 Å². The first kappa shape index (κ1) is 18.0. The number of fused-ring (bicyclic) bond motifs is 1. The number of carbonyl (C=O) groups is 2. The molecule has 136 valence electrons. The molecule has 2 aromatic carbocycles. The minimum Gasteiger partial charge on any atom is -0.497 e. The van der Waals surface area contributed by atoms with E-state index in [1.807, 2.05) is 6.07 Å². The van der Waals surface area contributed by atoms with Gasteiger partial charge < -0.3 is 14.2 Å². The summed E-state index contributed by atoms with van der Waals surface area (Å²) in [5.41, 5.74) is 3.96. The highest BCUT2D eigenvalue weighted by molar-refractivity contribution is 6.00. The second-order valence-electron chi connectivity index (χ2n) is 6.28. The third-order valence-electron chi connectivity index (χ3n) is 4.58. The number of hydrogen-bond acceptors (Lipinski definition) is 5. The third-order valence-corrected chi connectivity index (χ3v) is 4.58. The van der Waals surface area contributed by atoms with E-state index in [-0.39, 0.29) is 18.8 Å². The van der Waals surface area contributed by atoms with Crippen LogP contribution in [-0.4, -0.2) is 32.6 Å². The number of carbonyl (C=O) groups excluding carboxylic acids is 2. The van der Waals surface area contributed by atoms with Gasteiger partial charge in [0.25, 0.3) is 0 Å². The van der Waals surface area contributed by atoms with Gasteiger partial charge in [-0.05, 0) is 48.1 Å². The van der Waals surface area contributed by atoms with E-state index in [1.165, 1.54) is 31.8 Å². The second-order valence-corrected chi connectivity index (χ2v) is 6.28. The predicted octanol–water partition coefficient (Wildman–Crippen LogP) is 3.16. The number of rotatable bonds is 7. The van der Waals surface area contributed by atoms with Crippen molar-refractivity contribution in [2.24, 2.45) is 0 Å². The number of esters is 1. The lowest BCUT2D eigenvalue weighted by molar-refractivity contribution is -0.141. The van der Waals surface area contributed by atoms with E-state index in [0.29, 0.717) is 17.1 Å². The zero-order chi connectivity index (χ0) is 18.5. The molecular formula is C21H22O5. The number of hydrogen-bond donors (Lipinski definition) is 0. The molecule has 0 fully saturated rings. The van der Waals surface area contributed by atoms with Crippen LogP contribution in [0.5, 0.6) is 11.5 Å². The number of ketones is 1. The summed E-state index contributed by atoms with van der Waals surface area (Å²) in [6.07, 6.45) is 3.51. The quantitative estimate of drug-likeness (QED) is 0.565. The fraction of sp³-hybridized carbons (Fsp3) is 0.333. The summed E-state index contributed by atoms with van der Waals surface area (Å²) < 4.78 is 15.5. The Balaban J connectivity index is 1.58. The minimum absolute atomic E-state index is 0.167. The van der Waals surface area contributed by atoms with Crippen molar-refractivity contribution in [1.82, 2.24) is 0 Å². The zero-order valence-corrected chi connectivity index (χ0v) is 15.0. The molecule has 0 saturated carbocycles. The summed E-state index contributed by atoms with van der Waals surface area (Å²) in [6, 6.07) is 11.0. The molecule has 1 aliphatic rings. The van der Waals surface area contributed by atoms with Crippen LogP contribution in [0.2, 0.25) is 0 Å². The molecule has 0 saturated heterocycles. The minimum atomic E-state index is -0.413. The van der Waals surface area contributed by atoms with Crippen molar-refractivity contribution < 1.29 is 23.8 Å². The maximum absolute atomic E-state index is 12.3. The molecule has 3 rings (SSSR count). The molecule has 0 atom stereocenters. The molecule has 2 aromatic rings. The number of benzene rings is 2. The van der Waals surface area contributed by atoms with Crippen molar-refractivity contribution >= 4 is 11.8 Å². The summed E-state index contributed by atoms with van der Waals surface area (Å²) in [5.74, 6) is 0.256. The highest BCUT2D eigenvalue weighted by Crippen LogP contribution is 2.25. The fourth-order valence-electron chi connectivity index (χ4n) is 3.21. The van der Waals surface area contributed by atoms with Crippen LogP contribution in [0.25, 0.3) is 0 Å². The number of aryl methyl sites for hydroxylation is 2. The normalized spacial score (nSPS) is 12.4. The maximum atomic E-state index is 12.3. The zero-order valence-electron chi connectivity index (χ0n) is 15.0. The van der Waals surface area contributed by atoms with Gasteiger partial charge in [-0.15, -0.1) is 0 Å². The molecule has 0 bridgehead atoms. The molecule has 5 heteroatoms. The molecule has 0 spiro atoms. The van der Waals surface area contributed by atoms with Crippen molar-refractivity contribution in [1.29, 1.82) is 0 Å². The van der Waals surface area contributed by atoms with Crippen LogP contribution in [0.1, 0.15) is 33.5 Å². The van der Waals surface area contributed by atoms with Gasteiger partial charge in [-0.2, -0.15) is 0 Å². The molecule has 0 radical (unpaired) electrons. The summed E-state index contributed by atoms with van der Waals surface area (Å²) in [7, 11) is 3.02. The Bertz CT molecular complexity index is 825. The predicted molar refractivity (Wildman–Crippen MR) is 97.0 cm³/mol. The van der Waals surface area contributed by atoms with Crippen molar-refractivity contribution in [2.75, 3.05) is 20.8 Å². The summed E-state index contributed by atoms with van der Waals surface area (Å²) in [4.78, 5) is 24.4. The molecule has 0 N–H and O–H groups in total. The van der Waals surface area contributed by atoms with Gasteiger partial charge in [-0.3, -0.25) is 9.59 Å². The van der Waals surface area contributed by atoms with E-state index in [9.17, 15) is 9.59 Å². The fourth-order valence-corrected chi connectivity index (χ4v) is 3.21. The number of Topliss-reactive ketones (excluding diaryl/α,β-unsaturated/α-hetero) is 1. The van der Waals surface area contributed by atoms with Gasteiger partial charge in [0.1, 0.15) is 11.5 Å². The average Bonchev–Trinajstić information content (AvgIpc) is 3.13. The molecule has 26 heavy (non-hydrogen) atoms. The van der Waals surface area contributed by atoms with E-state index in [1.54, 1.807) is 18.2 Å². The summed E-state index contributed by atoms with van der Waals surface area (Å²) in [6.45, 7) is -0.313. The lowest BCUT2D eigenvalue weighted by atomic mass is 10.0. The molecule has 0 heterocycles. The van der Waals surface area contributed by atoms with E-state index < -0.39 is 5.97 Å². The number of ether oxygens (including phenoxy) is 3. The van der Waals surface area contributed by atoms with Crippen molar-refractivity contribution in [3.8, 4) is 11.5 Å². The van der Waals surface area contributed by atoms with Crippen LogP contribution in [-0.2, 0) is 28.8 Å². The SMILES string of the molecule is COc1ccc(C(=O)COC(=O)Cc2ccc3c(c2)CCC3)c(OC)c1. The van der Waals surface area contributed by atoms with Gasteiger partial charge >= 0.3 is 5.97 Å². The molecule has 0 aromatic heterocycles. The van der Waals surface area contributed by atoms with Crippen LogP contribution in [0.3, 0.4) is 0 Å². The lowest BCUT2D eigenvalue weighted by Gasteiger charge is -2.10. The standard InChI is InChI=1S/C21H22O5/c1-24-17-8-9-18(20(12-17)25-2)19(22)13-26-21(23)11-14-6-7-15-4-3-5-16(15)10-14/h6-10,12H,3-5,11,13H2,1-2H3. The monoisotopic (exact) mass is 354 g/mol. The average molecular weight is 354 g/mol. The largest absolute Gasteiger partial charge is 0.497 e. The van der Waals surface area contributed by atoms with Crippen LogP contribution in [0.15, 0.2) is 36.4 Å². The number of methoxy groups -OCH3 is 2. The molecule has 0 unspecified atom stereocenters. The Morgan fingerprint density at radius 3 is 2.54 bits per heavy atom. The van der Waals surface area contributed by atoms with Gasteiger partial charge in [-0.1, -0.05) is 18.2 Å². The highest BCUT2D eigenvalue weighted by Gasteiger charge is 2.17. The van der Waals surface area contributed by atoms with Crippen LogP contribution < -0.4 is 9.47 Å². The second kappa shape index (κ2) is 8.04. The Morgan fingerprint density at radius 1 is 0.962 bits per heavy atom. The first-order valence-corrected chi connectivity index (χ1v) is 8.62. The van der Waals surface area contributed by atoms with Gasteiger partial charge in [0.15, 0.2) is 6.61 Å². The van der Waals surface area contributed by atoms with Crippen LogP contribution in [0, 0.1) is 0 Å². The summed E-state index contributed by atoms with van der Waals surface area (Å²) in [5, 5.41) is 0. The molecule has 5 nitrogen and oxygen atoms in total. The van der Waals surface area contributed by atoms with Crippen molar-refractivity contribution in [2.45, 2.75) is 25.7 Å². The topological polar surface area (TPSA) is 61.8 Å². The van der Waals surface area contributed by atoms with E-state index >= 15 is 0 Å². The molecule has 0 aliphatic heterocycles. The van der Waals surface area contributed by atoms with E-state index in [2.05, 4.69) is 12.1 Å². The van der Waals surface area contributed by atoms with Crippen LogP contribution in [0.4, 0.5) is 0 Å². The van der Waals surface area contributed by atoms with Crippen molar-refractivity contribution in [3.05, 3.63) is 58.7 Å². The Labute approximate surface area is 152 Å². The Hall–Kier alpha value is -2.82. The van der Waals surface area contributed by atoms with Crippen molar-refractivity contribution in [3.63, 3.8) is 0 Å². The summed E-state index contributed by atoms with van der Waals surface area (Å²) >= 11 is 0. The molecular weight excluding hydrogens is 332 g/mol.